The largest absolute Gasteiger partial charge is 0.481 e. The van der Waals surface area contributed by atoms with Crippen LogP contribution in [0.1, 0.15) is 30.9 Å². The summed E-state index contributed by atoms with van der Waals surface area (Å²) in [6.07, 6.45) is 4.35. The molecule has 0 bridgehead atoms. The van der Waals surface area contributed by atoms with E-state index in [0.29, 0.717) is 17.6 Å². The Balaban J connectivity index is 2.01. The number of carboxylic acids is 1. The Kier molecular flexibility index (Phi) is 5.20. The maximum atomic E-state index is 12.5. The molecule has 0 spiro atoms. The van der Waals surface area contributed by atoms with Crippen LogP contribution in [0.5, 0.6) is 0 Å². The molecular formula is C20H21BN2O4S2. The Labute approximate surface area is 174 Å². The second-order valence-electron chi connectivity index (χ2n) is 7.50. The highest BCUT2D eigenvalue weighted by atomic mass is 32.2. The zero-order valence-corrected chi connectivity index (χ0v) is 17.9. The quantitative estimate of drug-likeness (QED) is 0.627. The zero-order valence-electron chi connectivity index (χ0n) is 16.3. The van der Waals surface area contributed by atoms with Crippen molar-refractivity contribution in [2.24, 2.45) is 0 Å². The van der Waals surface area contributed by atoms with Crippen LogP contribution in [0.15, 0.2) is 51.2 Å². The molecule has 6 nitrogen and oxygen atoms in total. The van der Waals surface area contributed by atoms with E-state index in [-0.39, 0.29) is 17.2 Å². The molecule has 0 saturated heterocycles. The molecule has 0 amide bonds. The van der Waals surface area contributed by atoms with E-state index in [1.54, 1.807) is 0 Å². The predicted octanol–water partition coefficient (Wildman–Crippen LogP) is 2.20. The van der Waals surface area contributed by atoms with Gasteiger partial charge in [-0.05, 0) is 31.0 Å². The summed E-state index contributed by atoms with van der Waals surface area (Å²) in [6, 6.07) is 9.56. The van der Waals surface area contributed by atoms with Crippen molar-refractivity contribution in [3.8, 4) is 0 Å². The number of nitrogens with zero attached hydrogens (tertiary/aromatic N) is 2. The lowest BCUT2D eigenvalue weighted by Crippen LogP contribution is -2.18. The molecule has 1 atom stereocenters. The summed E-state index contributed by atoms with van der Waals surface area (Å²) in [5.41, 5.74) is 2.65. The van der Waals surface area contributed by atoms with E-state index in [0.717, 1.165) is 33.8 Å². The SMILES string of the molecule is Bc1ccc(Sc2c3n(c4nccc(S(C)(=O)=O)c24)CCCC3CC(=O)O)cc1. The Morgan fingerprint density at radius 2 is 2.03 bits per heavy atom. The van der Waals surface area contributed by atoms with Crippen molar-refractivity contribution >= 4 is 51.9 Å². The van der Waals surface area contributed by atoms with Gasteiger partial charge in [0.25, 0.3) is 0 Å². The van der Waals surface area contributed by atoms with Crippen LogP contribution in [0.2, 0.25) is 0 Å². The number of benzene rings is 1. The minimum atomic E-state index is -3.47. The van der Waals surface area contributed by atoms with Gasteiger partial charge in [-0.15, -0.1) is 0 Å². The zero-order chi connectivity index (χ0) is 20.8. The van der Waals surface area contributed by atoms with Crippen LogP contribution in [0.3, 0.4) is 0 Å². The number of carbonyl (C=O) groups is 1. The number of hydrogen-bond acceptors (Lipinski definition) is 5. The second-order valence-corrected chi connectivity index (χ2v) is 10.6. The number of rotatable bonds is 5. The Morgan fingerprint density at radius 3 is 2.69 bits per heavy atom. The summed E-state index contributed by atoms with van der Waals surface area (Å²) in [4.78, 5) is 18.0. The fourth-order valence-corrected chi connectivity index (χ4v) is 6.16. The maximum Gasteiger partial charge on any atom is 0.304 e. The van der Waals surface area contributed by atoms with Crippen molar-refractivity contribution in [2.45, 2.75) is 46.4 Å². The number of hydrogen-bond donors (Lipinski definition) is 1. The summed E-state index contributed by atoms with van der Waals surface area (Å²) in [6.45, 7) is 0.705. The lowest BCUT2D eigenvalue weighted by Gasteiger charge is -2.25. The molecule has 0 radical (unpaired) electrons. The number of fused-ring (bicyclic) bond motifs is 3. The monoisotopic (exact) mass is 428 g/mol. The molecule has 0 saturated carbocycles. The van der Waals surface area contributed by atoms with Gasteiger partial charge < -0.3 is 9.67 Å². The van der Waals surface area contributed by atoms with Gasteiger partial charge in [0, 0.05) is 40.4 Å². The van der Waals surface area contributed by atoms with E-state index >= 15 is 0 Å². The molecule has 1 aliphatic heterocycles. The predicted molar refractivity (Wildman–Crippen MR) is 116 cm³/mol. The smallest absolute Gasteiger partial charge is 0.304 e. The number of carboxylic acid groups (broad SMARTS) is 1. The molecule has 2 aromatic heterocycles. The minimum Gasteiger partial charge on any atom is -0.481 e. The van der Waals surface area contributed by atoms with E-state index < -0.39 is 15.8 Å². The second kappa shape index (κ2) is 7.53. The number of aromatic nitrogens is 2. The van der Waals surface area contributed by atoms with Crippen molar-refractivity contribution in [2.75, 3.05) is 6.26 Å². The Hall–Kier alpha value is -2.26. The summed E-state index contributed by atoms with van der Waals surface area (Å²) in [5.74, 6) is -1.02. The van der Waals surface area contributed by atoms with E-state index in [4.69, 9.17) is 0 Å². The van der Waals surface area contributed by atoms with E-state index in [2.05, 4.69) is 4.98 Å². The van der Waals surface area contributed by atoms with Crippen molar-refractivity contribution in [1.82, 2.24) is 9.55 Å². The van der Waals surface area contributed by atoms with Gasteiger partial charge in [0.1, 0.15) is 13.5 Å². The Morgan fingerprint density at radius 1 is 1.31 bits per heavy atom. The standard InChI is InChI=1S/C20H21BN2O4S2/c1-29(26,27)15-8-9-22-20-17(15)19(28-14-6-4-13(21)5-7-14)18-12(11-16(24)25)3-2-10-23(18)20/h4-9,12H,2-3,10-11,21H2,1H3,(H,24,25). The molecule has 3 aromatic rings. The lowest BCUT2D eigenvalue weighted by atomic mass is 9.93. The fourth-order valence-electron chi connectivity index (χ4n) is 4.03. The first-order valence-corrected chi connectivity index (χ1v) is 12.1. The third-order valence-electron chi connectivity index (χ3n) is 5.28. The van der Waals surface area contributed by atoms with Crippen LogP contribution < -0.4 is 5.46 Å². The molecule has 0 aliphatic carbocycles. The highest BCUT2D eigenvalue weighted by Crippen LogP contribution is 2.46. The van der Waals surface area contributed by atoms with E-state index in [1.165, 1.54) is 30.3 Å². The van der Waals surface area contributed by atoms with E-state index in [9.17, 15) is 18.3 Å². The average molecular weight is 428 g/mol. The first kappa shape index (κ1) is 20.0. The van der Waals surface area contributed by atoms with Crippen LogP contribution in [0, 0.1) is 0 Å². The third-order valence-corrected chi connectivity index (χ3v) is 7.55. The number of aliphatic carboxylic acids is 1. The normalized spacial score (nSPS) is 16.7. The molecule has 1 aromatic carbocycles. The number of aryl methyl sites for hydroxylation is 1. The highest BCUT2D eigenvalue weighted by molar-refractivity contribution is 7.99. The molecule has 3 heterocycles. The van der Waals surface area contributed by atoms with Gasteiger partial charge in [-0.3, -0.25) is 4.79 Å². The summed E-state index contributed by atoms with van der Waals surface area (Å²) < 4.78 is 27.1. The molecule has 9 heteroatoms. The number of pyridine rings is 1. The van der Waals surface area contributed by atoms with Crippen LogP contribution in [-0.2, 0) is 21.2 Å². The van der Waals surface area contributed by atoms with Gasteiger partial charge in [-0.2, -0.15) is 0 Å². The third kappa shape index (κ3) is 3.81. The van der Waals surface area contributed by atoms with Gasteiger partial charge in [-0.25, -0.2) is 13.4 Å². The van der Waals surface area contributed by atoms with Gasteiger partial charge in [0.2, 0.25) is 0 Å². The summed E-state index contributed by atoms with van der Waals surface area (Å²) >= 11 is 1.49. The van der Waals surface area contributed by atoms with Crippen molar-refractivity contribution in [3.63, 3.8) is 0 Å². The molecule has 4 rings (SSSR count). The topological polar surface area (TPSA) is 89.3 Å². The minimum absolute atomic E-state index is 0.0198. The van der Waals surface area contributed by atoms with Crippen molar-refractivity contribution < 1.29 is 18.3 Å². The first-order valence-electron chi connectivity index (χ1n) is 9.43. The van der Waals surface area contributed by atoms with Crippen LogP contribution in [0.25, 0.3) is 11.0 Å². The molecule has 0 fully saturated rings. The average Bonchev–Trinajstić information content (AvgIpc) is 2.97. The fraction of sp³-hybridized carbons (Fsp3) is 0.300. The molecular weight excluding hydrogens is 407 g/mol. The van der Waals surface area contributed by atoms with Gasteiger partial charge in [0.15, 0.2) is 9.84 Å². The van der Waals surface area contributed by atoms with E-state index in [1.807, 2.05) is 36.7 Å². The molecule has 1 N–H and O–H groups in total. The van der Waals surface area contributed by atoms with Crippen molar-refractivity contribution in [1.29, 1.82) is 0 Å². The lowest BCUT2D eigenvalue weighted by molar-refractivity contribution is -0.137. The van der Waals surface area contributed by atoms with Crippen LogP contribution in [-0.4, -0.2) is 43.1 Å². The number of sulfone groups is 1. The molecule has 1 unspecified atom stereocenters. The first-order chi connectivity index (χ1) is 13.8. The van der Waals surface area contributed by atoms with Crippen LogP contribution in [0.4, 0.5) is 0 Å². The highest BCUT2D eigenvalue weighted by Gasteiger charge is 2.32. The summed E-state index contributed by atoms with van der Waals surface area (Å²) in [5, 5.41) is 10.0. The molecule has 150 valence electrons. The maximum absolute atomic E-state index is 12.5. The van der Waals surface area contributed by atoms with Gasteiger partial charge in [-0.1, -0.05) is 29.4 Å². The van der Waals surface area contributed by atoms with Crippen LogP contribution >= 0.6 is 11.8 Å². The van der Waals surface area contributed by atoms with Crippen molar-refractivity contribution in [3.05, 3.63) is 42.2 Å². The summed E-state index contributed by atoms with van der Waals surface area (Å²) in [7, 11) is -1.46. The molecule has 1 aliphatic rings. The van der Waals surface area contributed by atoms with Gasteiger partial charge >= 0.3 is 5.97 Å². The Bertz CT molecular complexity index is 1200. The molecule has 29 heavy (non-hydrogen) atoms. The van der Waals surface area contributed by atoms with Gasteiger partial charge in [0.05, 0.1) is 16.7 Å².